The Morgan fingerprint density at radius 1 is 1.29 bits per heavy atom. The van der Waals surface area contributed by atoms with Crippen molar-refractivity contribution >= 4 is 11.7 Å². The highest BCUT2D eigenvalue weighted by Gasteiger charge is 2.12. The van der Waals surface area contributed by atoms with E-state index in [4.69, 9.17) is 4.74 Å². The van der Waals surface area contributed by atoms with Gasteiger partial charge in [-0.2, -0.15) is 0 Å². The fourth-order valence-electron chi connectivity index (χ4n) is 1.46. The lowest BCUT2D eigenvalue weighted by atomic mass is 10.1. The van der Waals surface area contributed by atoms with E-state index in [2.05, 4.69) is 5.32 Å². The van der Waals surface area contributed by atoms with E-state index in [0.29, 0.717) is 17.7 Å². The molecule has 4 nitrogen and oxygen atoms in total. The molecule has 92 valence electrons. The molecule has 1 N–H and O–H groups in total. The number of methoxy groups -OCH3 is 1. The van der Waals surface area contributed by atoms with Crippen molar-refractivity contribution in [3.63, 3.8) is 0 Å². The Bertz CT molecular complexity index is 401. The van der Waals surface area contributed by atoms with Crippen molar-refractivity contribution in [1.82, 2.24) is 5.32 Å². The quantitative estimate of drug-likeness (QED) is 0.765. The zero-order chi connectivity index (χ0) is 12.7. The van der Waals surface area contributed by atoms with Gasteiger partial charge in [0, 0.05) is 6.42 Å². The van der Waals surface area contributed by atoms with Crippen molar-refractivity contribution in [1.29, 1.82) is 0 Å². The molecule has 1 aromatic rings. The van der Waals surface area contributed by atoms with Gasteiger partial charge in [0.15, 0.2) is 5.78 Å². The number of rotatable bonds is 6. The van der Waals surface area contributed by atoms with Gasteiger partial charge < -0.3 is 10.1 Å². The summed E-state index contributed by atoms with van der Waals surface area (Å²) in [5.41, 5.74) is 0.492. The summed E-state index contributed by atoms with van der Waals surface area (Å²) in [6, 6.07) is 6.98. The minimum atomic E-state index is -0.146. The first-order valence-corrected chi connectivity index (χ1v) is 5.62. The van der Waals surface area contributed by atoms with E-state index in [0.717, 1.165) is 6.42 Å². The number of ketones is 1. The highest BCUT2D eigenvalue weighted by Crippen LogP contribution is 2.17. The van der Waals surface area contributed by atoms with Crippen LogP contribution >= 0.6 is 0 Å². The first-order chi connectivity index (χ1) is 8.19. The summed E-state index contributed by atoms with van der Waals surface area (Å²) in [6.07, 6.45) is 1.22. The van der Waals surface area contributed by atoms with Gasteiger partial charge in [-0.25, -0.2) is 0 Å². The van der Waals surface area contributed by atoms with Gasteiger partial charge in [0.25, 0.3) is 0 Å². The van der Waals surface area contributed by atoms with Crippen molar-refractivity contribution in [2.75, 3.05) is 13.7 Å². The number of carbonyl (C=O) groups excluding carboxylic acids is 2. The lowest BCUT2D eigenvalue weighted by Crippen LogP contribution is -2.29. The van der Waals surface area contributed by atoms with Crippen LogP contribution in [0.15, 0.2) is 24.3 Å². The van der Waals surface area contributed by atoms with Crippen LogP contribution in [-0.2, 0) is 4.79 Å². The molecular formula is C13H17NO3. The molecule has 4 heteroatoms. The smallest absolute Gasteiger partial charge is 0.220 e. The Morgan fingerprint density at radius 2 is 2.00 bits per heavy atom. The van der Waals surface area contributed by atoms with Gasteiger partial charge in [-0.05, 0) is 18.6 Å². The van der Waals surface area contributed by atoms with Crippen LogP contribution in [-0.4, -0.2) is 25.3 Å². The second-order valence-corrected chi connectivity index (χ2v) is 3.65. The Balaban J connectivity index is 2.61. The van der Waals surface area contributed by atoms with Gasteiger partial charge in [-0.15, -0.1) is 0 Å². The van der Waals surface area contributed by atoms with Crippen LogP contribution in [0, 0.1) is 0 Å². The fourth-order valence-corrected chi connectivity index (χ4v) is 1.46. The minimum Gasteiger partial charge on any atom is -0.496 e. The van der Waals surface area contributed by atoms with Crippen molar-refractivity contribution < 1.29 is 14.3 Å². The van der Waals surface area contributed by atoms with E-state index < -0.39 is 0 Å². The zero-order valence-corrected chi connectivity index (χ0v) is 10.2. The Morgan fingerprint density at radius 3 is 2.65 bits per heavy atom. The largest absolute Gasteiger partial charge is 0.496 e. The Hall–Kier alpha value is -1.84. The topological polar surface area (TPSA) is 55.4 Å². The van der Waals surface area contributed by atoms with E-state index in [1.807, 2.05) is 6.92 Å². The molecule has 1 aromatic carbocycles. The van der Waals surface area contributed by atoms with Gasteiger partial charge in [0.1, 0.15) is 5.75 Å². The molecule has 0 aromatic heterocycles. The van der Waals surface area contributed by atoms with Crippen LogP contribution in [0.2, 0.25) is 0 Å². The molecule has 0 heterocycles. The molecule has 0 spiro atoms. The van der Waals surface area contributed by atoms with Gasteiger partial charge in [0.2, 0.25) is 5.91 Å². The number of benzene rings is 1. The van der Waals surface area contributed by atoms with E-state index in [1.54, 1.807) is 24.3 Å². The third-order valence-electron chi connectivity index (χ3n) is 2.33. The van der Waals surface area contributed by atoms with Gasteiger partial charge in [-0.3, -0.25) is 9.59 Å². The van der Waals surface area contributed by atoms with E-state index in [1.165, 1.54) is 7.11 Å². The summed E-state index contributed by atoms with van der Waals surface area (Å²) in [5, 5.41) is 2.59. The molecule has 0 atom stereocenters. The molecule has 0 aliphatic rings. The van der Waals surface area contributed by atoms with Crippen LogP contribution in [0.5, 0.6) is 5.75 Å². The number of nitrogens with one attached hydrogen (secondary N) is 1. The normalized spacial score (nSPS) is 9.76. The van der Waals surface area contributed by atoms with Crippen LogP contribution in [0.4, 0.5) is 0 Å². The van der Waals surface area contributed by atoms with Gasteiger partial charge in [0.05, 0.1) is 19.2 Å². The summed E-state index contributed by atoms with van der Waals surface area (Å²) >= 11 is 0. The lowest BCUT2D eigenvalue weighted by Gasteiger charge is -2.07. The third kappa shape index (κ3) is 3.90. The molecule has 1 amide bonds. The van der Waals surface area contributed by atoms with E-state index in [-0.39, 0.29) is 18.2 Å². The van der Waals surface area contributed by atoms with Gasteiger partial charge in [-0.1, -0.05) is 19.1 Å². The molecule has 0 radical (unpaired) electrons. The summed E-state index contributed by atoms with van der Waals surface area (Å²) in [6.45, 7) is 1.93. The monoisotopic (exact) mass is 235 g/mol. The molecule has 1 rings (SSSR count). The summed E-state index contributed by atoms with van der Waals surface area (Å²) in [5.74, 6) is 0.282. The number of carbonyl (C=O) groups is 2. The van der Waals surface area contributed by atoms with Crippen molar-refractivity contribution in [2.24, 2.45) is 0 Å². The average molecular weight is 235 g/mol. The number of hydrogen-bond donors (Lipinski definition) is 1. The van der Waals surface area contributed by atoms with Crippen molar-refractivity contribution in [3.05, 3.63) is 29.8 Å². The standard InChI is InChI=1S/C13H17NO3/c1-3-6-13(16)14-9-11(15)10-7-4-5-8-12(10)17-2/h4-5,7-8H,3,6,9H2,1-2H3,(H,14,16). The predicted molar refractivity (Wildman–Crippen MR) is 65.2 cm³/mol. The molecule has 17 heavy (non-hydrogen) atoms. The Kier molecular flexibility index (Phi) is 5.20. The van der Waals surface area contributed by atoms with Crippen LogP contribution in [0.1, 0.15) is 30.1 Å². The van der Waals surface area contributed by atoms with Crippen LogP contribution in [0.25, 0.3) is 0 Å². The summed E-state index contributed by atoms with van der Waals surface area (Å²) in [4.78, 5) is 23.1. The molecule has 0 bridgehead atoms. The first kappa shape index (κ1) is 13.2. The maximum atomic E-state index is 11.8. The highest BCUT2D eigenvalue weighted by molar-refractivity contribution is 6.01. The molecule has 0 saturated heterocycles. The number of hydrogen-bond acceptors (Lipinski definition) is 3. The van der Waals surface area contributed by atoms with Crippen molar-refractivity contribution in [2.45, 2.75) is 19.8 Å². The zero-order valence-electron chi connectivity index (χ0n) is 10.2. The maximum absolute atomic E-state index is 11.8. The molecule has 0 fully saturated rings. The first-order valence-electron chi connectivity index (χ1n) is 5.62. The number of amides is 1. The van der Waals surface area contributed by atoms with Crippen LogP contribution < -0.4 is 10.1 Å². The second kappa shape index (κ2) is 6.68. The molecule has 0 aliphatic heterocycles. The lowest BCUT2D eigenvalue weighted by molar-refractivity contribution is -0.120. The second-order valence-electron chi connectivity index (χ2n) is 3.65. The maximum Gasteiger partial charge on any atom is 0.220 e. The molecule has 0 saturated carbocycles. The fraction of sp³-hybridized carbons (Fsp3) is 0.385. The molecule has 0 aliphatic carbocycles. The van der Waals surface area contributed by atoms with E-state index >= 15 is 0 Å². The summed E-state index contributed by atoms with van der Waals surface area (Å²) in [7, 11) is 1.52. The number of Topliss-reactive ketones (excluding diaryl/α,β-unsaturated/α-hetero) is 1. The number of ether oxygens (including phenoxy) is 1. The molecule has 0 unspecified atom stereocenters. The number of para-hydroxylation sites is 1. The van der Waals surface area contributed by atoms with E-state index in [9.17, 15) is 9.59 Å². The average Bonchev–Trinajstić information content (AvgIpc) is 2.36. The van der Waals surface area contributed by atoms with Crippen molar-refractivity contribution in [3.8, 4) is 5.75 Å². The minimum absolute atomic E-state index is 0.0131. The Labute approximate surface area is 101 Å². The SMILES string of the molecule is CCCC(=O)NCC(=O)c1ccccc1OC. The summed E-state index contributed by atoms with van der Waals surface area (Å²) < 4.78 is 5.09. The van der Waals surface area contributed by atoms with Gasteiger partial charge >= 0.3 is 0 Å². The predicted octanol–water partition coefficient (Wildman–Crippen LogP) is 1.79. The van der Waals surface area contributed by atoms with Crippen LogP contribution in [0.3, 0.4) is 0 Å². The third-order valence-corrected chi connectivity index (χ3v) is 2.33. The molecular weight excluding hydrogens is 218 g/mol. The highest BCUT2D eigenvalue weighted by atomic mass is 16.5.